The van der Waals surface area contributed by atoms with Crippen molar-refractivity contribution in [1.82, 2.24) is 4.98 Å². The predicted molar refractivity (Wildman–Crippen MR) is 101 cm³/mol. The zero-order valence-electron chi connectivity index (χ0n) is 15.6. The minimum absolute atomic E-state index is 0.129. The summed E-state index contributed by atoms with van der Waals surface area (Å²) < 4.78 is 16.1. The van der Waals surface area contributed by atoms with Crippen molar-refractivity contribution in [2.75, 3.05) is 21.3 Å². The number of ether oxygens (including phenoxy) is 3. The highest BCUT2D eigenvalue weighted by molar-refractivity contribution is 5.86. The molecule has 0 saturated heterocycles. The van der Waals surface area contributed by atoms with E-state index in [0.717, 1.165) is 39.2 Å². The number of nitrogens with one attached hydrogen (secondary N) is 1. The predicted octanol–water partition coefficient (Wildman–Crippen LogP) is 1.94. The standard InChI is InChI=1S/C21H22N2O4/c1-25-12-8-9-18(26-2)15(10-12)20-19-14(11-17(23-20)21(24)27-3)13-6-4-5-7-16(13)22-19/h4-10,17,20,22-23H,11H2,1-3H3/p+1/t17-,20+/m1/s1. The lowest BCUT2D eigenvalue weighted by Gasteiger charge is -2.28. The van der Waals surface area contributed by atoms with E-state index in [4.69, 9.17) is 14.2 Å². The van der Waals surface area contributed by atoms with Crippen LogP contribution in [0, 0.1) is 0 Å². The fourth-order valence-electron chi connectivity index (χ4n) is 3.98. The van der Waals surface area contributed by atoms with Gasteiger partial charge in [0, 0.05) is 17.3 Å². The first kappa shape index (κ1) is 17.4. The highest BCUT2D eigenvalue weighted by atomic mass is 16.5. The summed E-state index contributed by atoms with van der Waals surface area (Å²) >= 11 is 0. The average molecular weight is 367 g/mol. The maximum atomic E-state index is 12.4. The van der Waals surface area contributed by atoms with E-state index in [2.05, 4.69) is 17.1 Å². The lowest BCUT2D eigenvalue weighted by atomic mass is 9.90. The van der Waals surface area contributed by atoms with Crippen LogP contribution in [0.1, 0.15) is 22.9 Å². The Morgan fingerprint density at radius 1 is 1.11 bits per heavy atom. The number of aromatic nitrogens is 1. The molecule has 4 rings (SSSR count). The van der Waals surface area contributed by atoms with Crippen molar-refractivity contribution in [2.45, 2.75) is 18.5 Å². The number of H-pyrrole nitrogens is 1. The van der Waals surface area contributed by atoms with Gasteiger partial charge in [0.2, 0.25) is 0 Å². The number of carbonyl (C=O) groups excluding carboxylic acids is 1. The molecule has 1 aromatic heterocycles. The van der Waals surface area contributed by atoms with Crippen molar-refractivity contribution >= 4 is 16.9 Å². The van der Waals surface area contributed by atoms with E-state index < -0.39 is 0 Å². The highest BCUT2D eigenvalue weighted by Gasteiger charge is 2.39. The Kier molecular flexibility index (Phi) is 4.49. The maximum absolute atomic E-state index is 12.4. The molecule has 2 heterocycles. The molecule has 0 amide bonds. The van der Waals surface area contributed by atoms with Crippen LogP contribution in [0.4, 0.5) is 0 Å². The van der Waals surface area contributed by atoms with Crippen molar-refractivity contribution < 1.29 is 24.3 Å². The minimum Gasteiger partial charge on any atom is -0.497 e. The molecule has 1 aliphatic rings. The molecule has 140 valence electrons. The number of carbonyl (C=O) groups is 1. The molecule has 2 atom stereocenters. The van der Waals surface area contributed by atoms with Gasteiger partial charge in [-0.05, 0) is 29.8 Å². The van der Waals surface area contributed by atoms with Gasteiger partial charge in [-0.15, -0.1) is 0 Å². The summed E-state index contributed by atoms with van der Waals surface area (Å²) in [5, 5.41) is 3.18. The van der Waals surface area contributed by atoms with Gasteiger partial charge in [-0.3, -0.25) is 0 Å². The third kappa shape index (κ3) is 2.92. The van der Waals surface area contributed by atoms with Gasteiger partial charge >= 0.3 is 5.97 Å². The molecule has 0 aliphatic carbocycles. The molecule has 0 bridgehead atoms. The van der Waals surface area contributed by atoms with Crippen LogP contribution in [-0.4, -0.2) is 38.3 Å². The van der Waals surface area contributed by atoms with E-state index in [1.165, 1.54) is 7.11 Å². The molecule has 0 fully saturated rings. The van der Waals surface area contributed by atoms with E-state index in [1.807, 2.05) is 35.6 Å². The summed E-state index contributed by atoms with van der Waals surface area (Å²) in [5.74, 6) is 1.28. The molecule has 0 radical (unpaired) electrons. The Hall–Kier alpha value is -2.99. The lowest BCUT2D eigenvalue weighted by molar-refractivity contribution is -0.712. The second-order valence-electron chi connectivity index (χ2n) is 6.67. The number of aromatic amines is 1. The highest BCUT2D eigenvalue weighted by Crippen LogP contribution is 2.36. The molecule has 0 spiro atoms. The van der Waals surface area contributed by atoms with Crippen LogP contribution in [0.25, 0.3) is 10.9 Å². The Morgan fingerprint density at radius 2 is 1.93 bits per heavy atom. The molecule has 3 aromatic rings. The van der Waals surface area contributed by atoms with Gasteiger partial charge in [-0.25, -0.2) is 4.79 Å². The summed E-state index contributed by atoms with van der Waals surface area (Å²) in [6.45, 7) is 0. The van der Waals surface area contributed by atoms with Crippen molar-refractivity contribution in [3.8, 4) is 11.5 Å². The molecule has 27 heavy (non-hydrogen) atoms. The number of benzene rings is 2. The normalized spacial score (nSPS) is 18.8. The number of hydrogen-bond donors (Lipinski definition) is 2. The molecular formula is C21H23N2O4+. The number of fused-ring (bicyclic) bond motifs is 3. The van der Waals surface area contributed by atoms with Crippen LogP contribution in [0.5, 0.6) is 11.5 Å². The summed E-state index contributed by atoms with van der Waals surface area (Å²) in [6, 6.07) is 13.5. The summed E-state index contributed by atoms with van der Waals surface area (Å²) in [6.07, 6.45) is 0.620. The fourth-order valence-corrected chi connectivity index (χ4v) is 3.98. The van der Waals surface area contributed by atoms with Crippen molar-refractivity contribution in [3.05, 3.63) is 59.3 Å². The summed E-state index contributed by atoms with van der Waals surface area (Å²) in [4.78, 5) is 15.9. The fraction of sp³-hybridized carbons (Fsp3) is 0.286. The quantitative estimate of drug-likeness (QED) is 0.691. The molecule has 3 N–H and O–H groups in total. The van der Waals surface area contributed by atoms with Gasteiger partial charge in [0.05, 0.1) is 32.6 Å². The maximum Gasteiger partial charge on any atom is 0.364 e. The zero-order chi connectivity index (χ0) is 19.0. The van der Waals surface area contributed by atoms with E-state index in [1.54, 1.807) is 14.2 Å². The molecule has 0 unspecified atom stereocenters. The Balaban J connectivity index is 1.91. The number of nitrogens with two attached hydrogens (primary N) is 1. The van der Waals surface area contributed by atoms with E-state index in [9.17, 15) is 4.79 Å². The molecular weight excluding hydrogens is 344 g/mol. The van der Waals surface area contributed by atoms with Crippen LogP contribution in [0.15, 0.2) is 42.5 Å². The van der Waals surface area contributed by atoms with E-state index in [0.29, 0.717) is 6.42 Å². The zero-order valence-corrected chi connectivity index (χ0v) is 15.6. The largest absolute Gasteiger partial charge is 0.497 e. The molecule has 0 saturated carbocycles. The van der Waals surface area contributed by atoms with Gasteiger partial charge in [0.25, 0.3) is 0 Å². The van der Waals surface area contributed by atoms with E-state index in [-0.39, 0.29) is 18.1 Å². The average Bonchev–Trinajstić information content (AvgIpc) is 3.10. The number of hydrogen-bond acceptors (Lipinski definition) is 4. The number of quaternary nitrogens is 1. The summed E-state index contributed by atoms with van der Waals surface area (Å²) in [7, 11) is 4.72. The van der Waals surface area contributed by atoms with Gasteiger partial charge in [-0.1, -0.05) is 18.2 Å². The van der Waals surface area contributed by atoms with Gasteiger partial charge in [0.1, 0.15) is 11.5 Å². The van der Waals surface area contributed by atoms with Crippen LogP contribution in [0.3, 0.4) is 0 Å². The van der Waals surface area contributed by atoms with Crippen molar-refractivity contribution in [1.29, 1.82) is 0 Å². The van der Waals surface area contributed by atoms with Crippen LogP contribution >= 0.6 is 0 Å². The third-order valence-electron chi connectivity index (χ3n) is 5.28. The van der Waals surface area contributed by atoms with Crippen LogP contribution in [0.2, 0.25) is 0 Å². The van der Waals surface area contributed by atoms with Crippen molar-refractivity contribution in [3.63, 3.8) is 0 Å². The Bertz CT molecular complexity index is 995. The number of rotatable bonds is 4. The number of methoxy groups -OCH3 is 3. The van der Waals surface area contributed by atoms with Crippen molar-refractivity contribution in [2.24, 2.45) is 0 Å². The monoisotopic (exact) mass is 367 g/mol. The van der Waals surface area contributed by atoms with Gasteiger partial charge in [-0.2, -0.15) is 0 Å². The van der Waals surface area contributed by atoms with Gasteiger partial charge < -0.3 is 24.5 Å². The molecule has 6 nitrogen and oxygen atoms in total. The molecule has 6 heteroatoms. The Labute approximate surface area is 157 Å². The third-order valence-corrected chi connectivity index (χ3v) is 5.28. The number of para-hydroxylation sites is 1. The first-order chi connectivity index (χ1) is 13.2. The van der Waals surface area contributed by atoms with E-state index >= 15 is 0 Å². The first-order valence-corrected chi connectivity index (χ1v) is 8.90. The second-order valence-corrected chi connectivity index (χ2v) is 6.67. The Morgan fingerprint density at radius 3 is 2.67 bits per heavy atom. The summed E-state index contributed by atoms with van der Waals surface area (Å²) in [5.41, 5.74) is 4.26. The minimum atomic E-state index is -0.317. The topological polar surface area (TPSA) is 77.2 Å². The van der Waals surface area contributed by atoms with Gasteiger partial charge in [0.15, 0.2) is 12.1 Å². The second kappa shape index (κ2) is 6.96. The molecule has 1 aliphatic heterocycles. The van der Waals surface area contributed by atoms with Crippen LogP contribution < -0.4 is 14.8 Å². The van der Waals surface area contributed by atoms with Crippen LogP contribution in [-0.2, 0) is 16.0 Å². The molecule has 2 aromatic carbocycles. The number of esters is 1. The first-order valence-electron chi connectivity index (χ1n) is 8.90. The lowest BCUT2D eigenvalue weighted by Crippen LogP contribution is -2.94. The SMILES string of the molecule is COC(=O)[C@H]1Cc2c([nH]c3ccccc23)[C@H](c2cc(OC)ccc2OC)[NH2+]1. The smallest absolute Gasteiger partial charge is 0.364 e.